The molecule has 67 heavy (non-hydrogen) atoms. The van der Waals surface area contributed by atoms with Crippen molar-refractivity contribution in [3.8, 4) is 39.3 Å². The zero-order chi connectivity index (χ0) is 46.1. The maximum absolute atomic E-state index is 5.20. The molecule has 0 N–H and O–H groups in total. The second kappa shape index (κ2) is 18.0. The maximum atomic E-state index is 5.20. The van der Waals surface area contributed by atoms with E-state index in [1.165, 1.54) is 21.5 Å². The Bertz CT molecular complexity index is 3240. The minimum atomic E-state index is -1.41. The van der Waals surface area contributed by atoms with Gasteiger partial charge in [-0.25, -0.2) is 4.98 Å². The first kappa shape index (κ1) is 43.4. The summed E-state index contributed by atoms with van der Waals surface area (Å²) in [5.41, 5.74) is 15.7. The van der Waals surface area contributed by atoms with Crippen molar-refractivity contribution in [2.24, 2.45) is 0 Å². The van der Waals surface area contributed by atoms with Crippen LogP contribution in [0.4, 0.5) is 34.1 Å². The average Bonchev–Trinajstić information content (AvgIpc) is 3.75. The molecule has 0 aliphatic heterocycles. The Hall–Kier alpha value is -7.52. The summed E-state index contributed by atoms with van der Waals surface area (Å²) < 4.78 is 2.28. The molecule has 4 nitrogen and oxygen atoms in total. The summed E-state index contributed by atoms with van der Waals surface area (Å²) in [6, 6.07) is 83.5. The van der Waals surface area contributed by atoms with Gasteiger partial charge < -0.3 is 9.80 Å². The van der Waals surface area contributed by atoms with Gasteiger partial charge in [0, 0.05) is 45.4 Å². The quantitative estimate of drug-likeness (QED) is 0.114. The summed E-state index contributed by atoms with van der Waals surface area (Å²) in [6.07, 6.45) is 0. The summed E-state index contributed by atoms with van der Waals surface area (Å²) in [6.45, 7) is 14.4. The molecule has 0 atom stereocenters. The number of hydrogen-bond donors (Lipinski definition) is 0. The van der Waals surface area contributed by atoms with Gasteiger partial charge in [0.05, 0.1) is 27.2 Å². The fourth-order valence-corrected chi connectivity index (χ4v) is 11.3. The zero-order valence-electron chi connectivity index (χ0n) is 39.2. The first-order valence-electron chi connectivity index (χ1n) is 23.3. The summed E-state index contributed by atoms with van der Waals surface area (Å²) in [5, 5.41) is 2.92. The van der Waals surface area contributed by atoms with Crippen LogP contribution in [-0.2, 0) is 0 Å². The van der Waals surface area contributed by atoms with Crippen molar-refractivity contribution >= 4 is 71.7 Å². The van der Waals surface area contributed by atoms with Crippen molar-refractivity contribution in [3.05, 3.63) is 231 Å². The van der Waals surface area contributed by atoms with Crippen LogP contribution < -0.4 is 20.2 Å². The monoisotopic (exact) mass is 900 g/mol. The van der Waals surface area contributed by atoms with E-state index in [2.05, 4.69) is 284 Å². The number of anilines is 6. The molecule has 1 heterocycles. The van der Waals surface area contributed by atoms with Crippen LogP contribution in [-0.4, -0.2) is 25.7 Å². The molecule has 328 valence electrons. The summed E-state index contributed by atoms with van der Waals surface area (Å²) >= 11 is 0. The van der Waals surface area contributed by atoms with E-state index in [4.69, 9.17) is 4.98 Å². The van der Waals surface area contributed by atoms with Gasteiger partial charge in [-0.05, 0) is 119 Å². The van der Waals surface area contributed by atoms with E-state index in [1.807, 2.05) is 0 Å². The van der Waals surface area contributed by atoms with E-state index in [-0.39, 0.29) is 0 Å². The van der Waals surface area contributed by atoms with Crippen molar-refractivity contribution in [3.63, 3.8) is 0 Å². The van der Waals surface area contributed by atoms with E-state index in [1.54, 1.807) is 0 Å². The van der Waals surface area contributed by atoms with Gasteiger partial charge in [-0.15, -0.1) is 0 Å². The Kier molecular flexibility index (Phi) is 11.7. The number of aromatic nitrogens is 2. The van der Waals surface area contributed by atoms with Crippen molar-refractivity contribution < 1.29 is 0 Å². The normalized spacial score (nSPS) is 11.7. The van der Waals surface area contributed by atoms with Gasteiger partial charge >= 0.3 is 0 Å². The fraction of sp³-hybridized carbons (Fsp3) is 0.0984. The molecular weight excluding hydrogens is 845 g/mol. The van der Waals surface area contributed by atoms with Gasteiger partial charge in [0.1, 0.15) is 5.82 Å². The minimum absolute atomic E-state index is 0.915. The number of nitrogens with zero attached hydrogens (tertiary/aromatic N) is 4. The van der Waals surface area contributed by atoms with Crippen molar-refractivity contribution in [1.29, 1.82) is 0 Å². The topological polar surface area (TPSA) is 24.3 Å². The Morgan fingerprint density at radius 3 is 1.03 bits per heavy atom. The number of benzene rings is 9. The Labute approximate surface area is 398 Å². The molecule has 0 bridgehead atoms. The SMILES string of the molecule is C[Si](C)(C)c1ccc(N(c2ccccc2)c2ccc(-c3ccc(-c4nc5ccccc5n4-c4ccc(-c5ccc(N(c6ccccc6)c6ccc([Si](C)(C)C)cc6)cc5)cc4)cc3)cc2)cc1. The zero-order valence-corrected chi connectivity index (χ0v) is 41.2. The standard InChI is InChI=1S/C61H56N4Si2/c1-66(2,3)57-41-37-54(38-42-57)63(50-15-9-7-10-16-50)52-31-25-46(26-32-52)45-21-23-49(24-22-45)61-62-59-19-13-14-20-60(59)65(61)56-35-29-48(30-36-56)47-27-33-53(34-28-47)64(51-17-11-8-12-18-51)55-39-43-58(44-40-55)67(4,5)6/h7-44H,1-6H3. The summed E-state index contributed by atoms with van der Waals surface area (Å²) in [4.78, 5) is 9.87. The largest absolute Gasteiger partial charge is 0.311 e. The van der Waals surface area contributed by atoms with Crippen molar-refractivity contribution in [2.75, 3.05) is 9.80 Å². The number of rotatable bonds is 12. The molecule has 0 saturated heterocycles. The molecule has 9 aromatic carbocycles. The molecule has 10 aromatic rings. The lowest BCUT2D eigenvalue weighted by molar-refractivity contribution is 1.10. The third kappa shape index (κ3) is 9.06. The first-order chi connectivity index (χ1) is 32.5. The number of fused-ring (bicyclic) bond motifs is 1. The van der Waals surface area contributed by atoms with Crippen molar-refractivity contribution in [1.82, 2.24) is 9.55 Å². The first-order valence-corrected chi connectivity index (χ1v) is 30.3. The van der Waals surface area contributed by atoms with Gasteiger partial charge in [0.15, 0.2) is 0 Å². The number of imidazole rings is 1. The fourth-order valence-electron chi connectivity index (χ4n) is 8.97. The molecule has 6 heteroatoms. The van der Waals surface area contributed by atoms with Crippen LogP contribution in [0.5, 0.6) is 0 Å². The molecule has 0 fully saturated rings. The predicted molar refractivity (Wildman–Crippen MR) is 293 cm³/mol. The molecule has 0 spiro atoms. The molecule has 1 aromatic heterocycles. The Balaban J connectivity index is 0.911. The van der Waals surface area contributed by atoms with Crippen LogP contribution in [0.3, 0.4) is 0 Å². The second-order valence-electron chi connectivity index (χ2n) is 19.4. The van der Waals surface area contributed by atoms with Gasteiger partial charge in [-0.3, -0.25) is 4.57 Å². The molecule has 0 radical (unpaired) electrons. The molecule has 0 aliphatic carbocycles. The van der Waals surface area contributed by atoms with Crippen molar-refractivity contribution in [2.45, 2.75) is 39.3 Å². The van der Waals surface area contributed by atoms with Crippen LogP contribution >= 0.6 is 0 Å². The highest BCUT2D eigenvalue weighted by molar-refractivity contribution is 6.89. The van der Waals surface area contributed by atoms with E-state index in [9.17, 15) is 0 Å². The van der Waals surface area contributed by atoms with Crippen LogP contribution in [0.1, 0.15) is 0 Å². The third-order valence-electron chi connectivity index (χ3n) is 12.8. The Morgan fingerprint density at radius 1 is 0.313 bits per heavy atom. The Morgan fingerprint density at radius 2 is 0.627 bits per heavy atom. The van der Waals surface area contributed by atoms with Crippen LogP contribution in [0.15, 0.2) is 231 Å². The molecule has 0 amide bonds. The summed E-state index contributed by atoms with van der Waals surface area (Å²) in [7, 11) is -2.83. The lowest BCUT2D eigenvalue weighted by Gasteiger charge is -2.26. The van der Waals surface area contributed by atoms with E-state index in [0.717, 1.165) is 73.4 Å². The maximum Gasteiger partial charge on any atom is 0.145 e. The van der Waals surface area contributed by atoms with Gasteiger partial charge in [-0.2, -0.15) is 0 Å². The molecule has 10 rings (SSSR count). The number of hydrogen-bond acceptors (Lipinski definition) is 3. The van der Waals surface area contributed by atoms with E-state index < -0.39 is 16.1 Å². The average molecular weight is 901 g/mol. The molecule has 0 aliphatic rings. The smallest absolute Gasteiger partial charge is 0.145 e. The van der Waals surface area contributed by atoms with Crippen LogP contribution in [0.2, 0.25) is 39.3 Å². The summed E-state index contributed by atoms with van der Waals surface area (Å²) in [5.74, 6) is 0.915. The predicted octanol–water partition coefficient (Wildman–Crippen LogP) is 16.1. The van der Waals surface area contributed by atoms with Gasteiger partial charge in [0.2, 0.25) is 0 Å². The van der Waals surface area contributed by atoms with E-state index in [0.29, 0.717) is 0 Å². The van der Waals surface area contributed by atoms with Crippen LogP contribution in [0.25, 0.3) is 50.4 Å². The highest BCUT2D eigenvalue weighted by Gasteiger charge is 2.21. The highest BCUT2D eigenvalue weighted by atomic mass is 28.3. The second-order valence-corrected chi connectivity index (χ2v) is 29.6. The van der Waals surface area contributed by atoms with Gasteiger partial charge in [0.25, 0.3) is 0 Å². The minimum Gasteiger partial charge on any atom is -0.311 e. The molecule has 0 unspecified atom stereocenters. The number of para-hydroxylation sites is 4. The van der Waals surface area contributed by atoms with Gasteiger partial charge in [-0.1, -0.05) is 183 Å². The third-order valence-corrected chi connectivity index (χ3v) is 16.9. The lowest BCUT2D eigenvalue weighted by atomic mass is 10.0. The highest BCUT2D eigenvalue weighted by Crippen LogP contribution is 2.38. The van der Waals surface area contributed by atoms with E-state index >= 15 is 0 Å². The molecule has 0 saturated carbocycles. The molecular formula is C61H56N4Si2. The van der Waals surface area contributed by atoms with Crippen LogP contribution in [0, 0.1) is 0 Å². The lowest BCUT2D eigenvalue weighted by Crippen LogP contribution is -2.37.